The first-order valence-corrected chi connectivity index (χ1v) is 6.79. The van der Waals surface area contributed by atoms with Crippen LogP contribution in [0.5, 0.6) is 0 Å². The molecule has 0 saturated heterocycles. The van der Waals surface area contributed by atoms with E-state index in [1.807, 2.05) is 6.92 Å². The largest absolute Gasteiger partial charge is 0.303 e. The van der Waals surface area contributed by atoms with Crippen LogP contribution < -0.4 is 0 Å². The van der Waals surface area contributed by atoms with Gasteiger partial charge in [-0.1, -0.05) is 57.4 Å². The van der Waals surface area contributed by atoms with Crippen molar-refractivity contribution in [1.29, 1.82) is 0 Å². The molecule has 0 aliphatic heterocycles. The van der Waals surface area contributed by atoms with E-state index in [-0.39, 0.29) is 5.92 Å². The number of benzene rings is 1. The Morgan fingerprint density at radius 3 is 2.29 bits per heavy atom. The molecule has 94 valence electrons. The van der Waals surface area contributed by atoms with E-state index < -0.39 is 0 Å². The monoisotopic (exact) mass is 232 g/mol. The van der Waals surface area contributed by atoms with Crippen LogP contribution in [0.4, 0.5) is 0 Å². The smallest absolute Gasteiger partial charge is 0.123 e. The summed E-state index contributed by atoms with van der Waals surface area (Å²) in [5, 5.41) is 0. The Balaban J connectivity index is 2.36. The molecule has 0 bridgehead atoms. The molecule has 1 aromatic carbocycles. The van der Waals surface area contributed by atoms with Gasteiger partial charge in [0.25, 0.3) is 0 Å². The highest BCUT2D eigenvalue weighted by atomic mass is 16.1. The molecule has 0 saturated carbocycles. The normalized spacial score (nSPS) is 12.4. The van der Waals surface area contributed by atoms with E-state index in [9.17, 15) is 4.79 Å². The molecule has 1 nitrogen and oxygen atoms in total. The number of hydrogen-bond donors (Lipinski definition) is 0. The van der Waals surface area contributed by atoms with Crippen molar-refractivity contribution in [2.75, 3.05) is 0 Å². The molecule has 0 amide bonds. The van der Waals surface area contributed by atoms with E-state index in [1.165, 1.54) is 43.2 Å². The molecular formula is C16H24O. The molecule has 1 atom stereocenters. The third-order valence-corrected chi connectivity index (χ3v) is 3.13. The lowest BCUT2D eigenvalue weighted by Gasteiger charge is -2.06. The lowest BCUT2D eigenvalue weighted by atomic mass is 9.99. The van der Waals surface area contributed by atoms with Crippen molar-refractivity contribution in [1.82, 2.24) is 0 Å². The summed E-state index contributed by atoms with van der Waals surface area (Å²) < 4.78 is 0. The van der Waals surface area contributed by atoms with E-state index in [2.05, 4.69) is 31.2 Å². The van der Waals surface area contributed by atoms with E-state index in [4.69, 9.17) is 0 Å². The Hall–Kier alpha value is -1.11. The van der Waals surface area contributed by atoms with E-state index in [0.29, 0.717) is 0 Å². The second-order valence-electron chi connectivity index (χ2n) is 4.94. The number of aldehydes is 1. The minimum Gasteiger partial charge on any atom is -0.303 e. The molecule has 0 heterocycles. The number of rotatable bonds is 8. The van der Waals surface area contributed by atoms with Crippen molar-refractivity contribution in [3.05, 3.63) is 35.4 Å². The highest BCUT2D eigenvalue weighted by Crippen LogP contribution is 2.12. The fraction of sp³-hybridized carbons (Fsp3) is 0.562. The average Bonchev–Trinajstić information content (AvgIpc) is 2.36. The summed E-state index contributed by atoms with van der Waals surface area (Å²) >= 11 is 0. The van der Waals surface area contributed by atoms with Gasteiger partial charge in [0.1, 0.15) is 6.29 Å². The number of hydrogen-bond acceptors (Lipinski definition) is 1. The lowest BCUT2D eigenvalue weighted by Crippen LogP contribution is -2.00. The van der Waals surface area contributed by atoms with Crippen LogP contribution in [-0.4, -0.2) is 6.29 Å². The summed E-state index contributed by atoms with van der Waals surface area (Å²) in [5.74, 6) is 0.130. The highest BCUT2D eigenvalue weighted by Gasteiger charge is 2.01. The number of aryl methyl sites for hydroxylation is 1. The number of carbonyl (C=O) groups is 1. The molecule has 1 rings (SSSR count). The fourth-order valence-corrected chi connectivity index (χ4v) is 2.02. The van der Waals surface area contributed by atoms with Gasteiger partial charge in [-0.2, -0.15) is 0 Å². The van der Waals surface area contributed by atoms with Crippen LogP contribution in [0.2, 0.25) is 0 Å². The van der Waals surface area contributed by atoms with Crippen molar-refractivity contribution >= 4 is 6.29 Å². The predicted molar refractivity (Wildman–Crippen MR) is 73.2 cm³/mol. The van der Waals surface area contributed by atoms with Crippen LogP contribution >= 0.6 is 0 Å². The number of carbonyl (C=O) groups excluding carboxylic acids is 1. The van der Waals surface area contributed by atoms with Crippen molar-refractivity contribution in [2.45, 2.75) is 52.4 Å². The zero-order valence-electron chi connectivity index (χ0n) is 11.1. The Morgan fingerprint density at radius 2 is 1.71 bits per heavy atom. The first-order chi connectivity index (χ1) is 8.26. The average molecular weight is 232 g/mol. The summed E-state index contributed by atoms with van der Waals surface area (Å²) in [4.78, 5) is 10.6. The van der Waals surface area contributed by atoms with Crippen LogP contribution in [0.1, 0.15) is 50.7 Å². The van der Waals surface area contributed by atoms with Crippen molar-refractivity contribution in [3.63, 3.8) is 0 Å². The maximum Gasteiger partial charge on any atom is 0.123 e. The van der Waals surface area contributed by atoms with Gasteiger partial charge in [0, 0.05) is 5.92 Å². The van der Waals surface area contributed by atoms with E-state index in [1.54, 1.807) is 0 Å². The third-order valence-electron chi connectivity index (χ3n) is 3.13. The highest BCUT2D eigenvalue weighted by molar-refractivity contribution is 5.53. The topological polar surface area (TPSA) is 17.1 Å². The summed E-state index contributed by atoms with van der Waals surface area (Å²) in [6.45, 7) is 4.20. The van der Waals surface area contributed by atoms with Gasteiger partial charge in [-0.05, 0) is 30.4 Å². The van der Waals surface area contributed by atoms with Crippen molar-refractivity contribution < 1.29 is 4.79 Å². The molecule has 1 aromatic rings. The molecule has 0 aliphatic rings. The second kappa shape index (κ2) is 8.05. The van der Waals surface area contributed by atoms with E-state index in [0.717, 1.165) is 12.7 Å². The first-order valence-electron chi connectivity index (χ1n) is 6.79. The lowest BCUT2D eigenvalue weighted by molar-refractivity contribution is -0.110. The van der Waals surface area contributed by atoms with Crippen molar-refractivity contribution in [3.8, 4) is 0 Å². The van der Waals surface area contributed by atoms with Gasteiger partial charge in [-0.3, -0.25) is 0 Å². The molecule has 1 heteroatoms. The Kier molecular flexibility index (Phi) is 6.61. The summed E-state index contributed by atoms with van der Waals surface area (Å²) in [6, 6.07) is 8.74. The van der Waals surface area contributed by atoms with Crippen LogP contribution in [-0.2, 0) is 17.6 Å². The maximum absolute atomic E-state index is 10.6. The fourth-order valence-electron chi connectivity index (χ4n) is 2.02. The number of unbranched alkanes of at least 4 members (excludes halogenated alkanes) is 3. The summed E-state index contributed by atoms with van der Waals surface area (Å²) in [7, 11) is 0. The van der Waals surface area contributed by atoms with Crippen LogP contribution in [0.25, 0.3) is 0 Å². The zero-order valence-corrected chi connectivity index (χ0v) is 11.1. The van der Waals surface area contributed by atoms with Gasteiger partial charge in [0.2, 0.25) is 0 Å². The van der Waals surface area contributed by atoms with E-state index >= 15 is 0 Å². The van der Waals surface area contributed by atoms with Gasteiger partial charge >= 0.3 is 0 Å². The quantitative estimate of drug-likeness (QED) is 0.485. The van der Waals surface area contributed by atoms with Gasteiger partial charge in [0.15, 0.2) is 0 Å². The van der Waals surface area contributed by atoms with Crippen LogP contribution in [0.15, 0.2) is 24.3 Å². The maximum atomic E-state index is 10.6. The molecule has 0 aromatic heterocycles. The van der Waals surface area contributed by atoms with Crippen LogP contribution in [0.3, 0.4) is 0 Å². The molecular weight excluding hydrogens is 208 g/mol. The minimum absolute atomic E-state index is 0.130. The van der Waals surface area contributed by atoms with Gasteiger partial charge in [-0.15, -0.1) is 0 Å². The molecule has 0 radical (unpaired) electrons. The molecule has 0 aliphatic carbocycles. The molecule has 0 N–H and O–H groups in total. The molecule has 17 heavy (non-hydrogen) atoms. The van der Waals surface area contributed by atoms with Gasteiger partial charge < -0.3 is 4.79 Å². The summed E-state index contributed by atoms with van der Waals surface area (Å²) in [5.41, 5.74) is 2.69. The van der Waals surface area contributed by atoms with Crippen molar-refractivity contribution in [2.24, 2.45) is 5.92 Å². The second-order valence-corrected chi connectivity index (χ2v) is 4.94. The van der Waals surface area contributed by atoms with Crippen LogP contribution in [0, 0.1) is 5.92 Å². The Bertz CT molecular complexity index is 313. The third kappa shape index (κ3) is 5.67. The summed E-state index contributed by atoms with van der Waals surface area (Å²) in [6.07, 6.45) is 8.33. The van der Waals surface area contributed by atoms with Gasteiger partial charge in [-0.25, -0.2) is 0 Å². The zero-order chi connectivity index (χ0) is 12.5. The Morgan fingerprint density at radius 1 is 1.06 bits per heavy atom. The molecule has 1 unspecified atom stereocenters. The molecule has 0 fully saturated rings. The minimum atomic E-state index is 0.130. The SMILES string of the molecule is CCCCCCc1ccc(CC(C)C=O)cc1. The standard InChI is InChI=1S/C16H24O/c1-3-4-5-6-7-15-8-10-16(11-9-15)12-14(2)13-17/h8-11,13-14H,3-7,12H2,1-2H3. The Labute approximate surface area is 105 Å². The molecule has 0 spiro atoms. The first kappa shape index (κ1) is 14.0. The predicted octanol–water partition coefficient (Wildman–Crippen LogP) is 4.19. The van der Waals surface area contributed by atoms with Gasteiger partial charge in [0.05, 0.1) is 0 Å².